The van der Waals surface area contributed by atoms with Crippen molar-refractivity contribution in [2.24, 2.45) is 4.30 Å². The third kappa shape index (κ3) is 26.4. The summed E-state index contributed by atoms with van der Waals surface area (Å²) in [6, 6.07) is 35.1. The average molecular weight is 1600 g/mol. The maximum atomic E-state index is 12.9. The van der Waals surface area contributed by atoms with E-state index in [1.54, 1.807) is 0 Å². The molecule has 28 heteroatoms. The number of amides is 2. The average Bonchev–Trinajstić information content (AvgIpc) is 1.55. The number of halogens is 1. The summed E-state index contributed by atoms with van der Waals surface area (Å²) in [6.45, 7) is 46.5. The van der Waals surface area contributed by atoms with Crippen LogP contribution >= 0.6 is 28.7 Å². The number of benzene rings is 2. The van der Waals surface area contributed by atoms with Gasteiger partial charge in [0.1, 0.15) is 43.9 Å². The van der Waals surface area contributed by atoms with Crippen molar-refractivity contribution in [3.05, 3.63) is 132 Å². The Morgan fingerprint density at radius 2 is 0.887 bits per heavy atom. The fourth-order valence-electron chi connectivity index (χ4n) is 11.9. The van der Waals surface area contributed by atoms with Gasteiger partial charge in [0.05, 0.1) is 33.9 Å². The molecule has 2 saturated heterocycles. The number of carbonyl (C=O) groups excluding carboxylic acids is 2. The predicted molar refractivity (Wildman–Crippen MR) is 449 cm³/mol. The molecule has 8 heterocycles. The second kappa shape index (κ2) is 38.2. The number of fused-ring (bicyclic) bond motifs is 2. The molecule has 0 bridgehead atoms. The molecule has 0 saturated carbocycles. The normalized spacial score (nSPS) is 14.3. The van der Waals surface area contributed by atoms with E-state index >= 15 is 0 Å². The summed E-state index contributed by atoms with van der Waals surface area (Å²) in [6.07, 6.45) is 10.1. The van der Waals surface area contributed by atoms with Crippen LogP contribution in [0.4, 0.5) is 21.2 Å². The van der Waals surface area contributed by atoms with Crippen LogP contribution in [0.3, 0.4) is 0 Å². The van der Waals surface area contributed by atoms with Crippen LogP contribution in [-0.4, -0.2) is 192 Å². The number of rotatable bonds is 28. The Labute approximate surface area is 649 Å². The number of carbonyl (C=O) groups is 2. The summed E-state index contributed by atoms with van der Waals surface area (Å²) >= 11 is 7.22. The van der Waals surface area contributed by atoms with E-state index in [0.717, 1.165) is 133 Å². The summed E-state index contributed by atoms with van der Waals surface area (Å²) in [5, 5.41) is 9.84. The third-order valence-corrected chi connectivity index (χ3v) is 25.6. The fraction of sp³-hybridized carbons (Fsp3) is 0.538. The van der Waals surface area contributed by atoms with Gasteiger partial charge in [-0.2, -0.15) is 19.2 Å². The monoisotopic (exact) mass is 1600 g/mol. The molecule has 8 aromatic rings. The number of thiol groups is 1. The first-order chi connectivity index (χ1) is 50.0. The molecule has 573 valence electrons. The first kappa shape index (κ1) is 85.1. The van der Waals surface area contributed by atoms with Gasteiger partial charge in [-0.3, -0.25) is 9.97 Å². The predicted octanol–water partition coefficient (Wildman–Crippen LogP) is 19.0. The van der Waals surface area contributed by atoms with Crippen LogP contribution in [0.5, 0.6) is 0 Å². The number of nitrogens with zero attached hydrogens (tertiary/aromatic N) is 13. The minimum atomic E-state index is -1.28. The zero-order valence-corrected chi connectivity index (χ0v) is 72.7. The van der Waals surface area contributed by atoms with Crippen LogP contribution in [0.25, 0.3) is 56.1 Å². The number of hydrogen-bond donors (Lipinski definition) is 1. The summed E-state index contributed by atoms with van der Waals surface area (Å²) in [4.78, 5) is 54.0. The molecule has 21 nitrogen and oxygen atoms in total. The van der Waals surface area contributed by atoms with Gasteiger partial charge in [-0.25, -0.2) is 19.6 Å². The maximum absolute atomic E-state index is 12.9. The number of likely N-dealkylation sites (tertiary alicyclic amines) is 2. The van der Waals surface area contributed by atoms with Crippen molar-refractivity contribution in [2.75, 3.05) is 89.3 Å². The zero-order valence-electron chi connectivity index (χ0n) is 66.2. The molecule has 0 atom stereocenters. The third-order valence-electron chi connectivity index (χ3n) is 18.0. The van der Waals surface area contributed by atoms with Crippen LogP contribution in [0, 0.1) is 0 Å². The van der Waals surface area contributed by atoms with E-state index in [1.807, 2.05) is 128 Å². The SMILES string of the molecule is CC(C)(C)OC(=O)N1CCC(c2cc(N(COCC[Si](C)(C)C)COCC[Si](C)(C)C)n3ncc(-c4ccc(-c5ccccc5)nc4)c3n2)CC1.CC(C)(C)OC(=O)N1CCC(c2nc3c(-c4ccc(-c5ccccc5)nc4)cnn3c(N(COCC[Si](C)(C)C)COCC[Si](C)(C)C)c2Br)CC1.[B]=NS. The van der Waals surface area contributed by atoms with E-state index < -0.39 is 43.5 Å². The molecule has 1 radical (unpaired) electrons. The van der Waals surface area contributed by atoms with E-state index in [1.165, 1.54) is 0 Å². The van der Waals surface area contributed by atoms with E-state index in [-0.39, 0.29) is 24.0 Å². The second-order valence-electron chi connectivity index (χ2n) is 34.4. The molecule has 10 rings (SSSR count). The van der Waals surface area contributed by atoms with Gasteiger partial charge in [0.2, 0.25) is 0 Å². The molecular formula is C78H116BBrN13O8SSi4. The molecule has 2 aromatic carbocycles. The summed E-state index contributed by atoms with van der Waals surface area (Å²) < 4.78 is 44.2. The van der Waals surface area contributed by atoms with Gasteiger partial charge >= 0.3 is 36.9 Å². The number of aromatic nitrogens is 8. The van der Waals surface area contributed by atoms with E-state index in [0.29, 0.717) is 79.5 Å². The number of hydrogen-bond acceptors (Lipinski definition) is 18. The van der Waals surface area contributed by atoms with Crippen LogP contribution < -0.4 is 9.80 Å². The summed E-state index contributed by atoms with van der Waals surface area (Å²) in [7, 11) is -0.759. The Bertz CT molecular complexity index is 4050. The van der Waals surface area contributed by atoms with Gasteiger partial charge in [0, 0.05) is 154 Å². The van der Waals surface area contributed by atoms with Gasteiger partial charge in [0.25, 0.3) is 0 Å². The molecule has 2 aliphatic rings. The summed E-state index contributed by atoms with van der Waals surface area (Å²) in [5.41, 5.74) is 10.0. The Kier molecular flexibility index (Phi) is 30.7. The molecular weight excluding hydrogens is 1480 g/mol. The first-order valence-electron chi connectivity index (χ1n) is 37.3. The van der Waals surface area contributed by atoms with Gasteiger partial charge < -0.3 is 48.0 Å². The van der Waals surface area contributed by atoms with Crippen molar-refractivity contribution in [3.8, 4) is 44.8 Å². The molecule has 6 aromatic heterocycles. The molecule has 2 aliphatic heterocycles. The Morgan fingerprint density at radius 1 is 0.519 bits per heavy atom. The van der Waals surface area contributed by atoms with Crippen molar-refractivity contribution >= 4 is 104 Å². The quantitative estimate of drug-likeness (QED) is 0.0210. The number of piperidine rings is 2. The van der Waals surface area contributed by atoms with Crippen molar-refractivity contribution < 1.29 is 38.0 Å². The van der Waals surface area contributed by atoms with Crippen molar-refractivity contribution in [1.29, 1.82) is 0 Å². The van der Waals surface area contributed by atoms with Gasteiger partial charge in [-0.15, -0.1) is 0 Å². The van der Waals surface area contributed by atoms with Crippen molar-refractivity contribution in [2.45, 2.75) is 193 Å². The minimum absolute atomic E-state index is 0.112. The molecule has 0 unspecified atom stereocenters. The Hall–Kier alpha value is -6.48. The van der Waals surface area contributed by atoms with E-state index in [9.17, 15) is 9.59 Å². The van der Waals surface area contributed by atoms with Gasteiger partial charge in [-0.1, -0.05) is 151 Å². The fourth-order valence-corrected chi connectivity index (χ4v) is 15.7. The first-order valence-corrected chi connectivity index (χ1v) is 53.3. The van der Waals surface area contributed by atoms with Gasteiger partial charge in [-0.05, 0) is 119 Å². The number of ether oxygens (including phenoxy) is 6. The van der Waals surface area contributed by atoms with E-state index in [2.05, 4.69) is 178 Å². The standard InChI is InChI=1S/C39H57BrN6O4Si2.C39H58N6O4Si2.BHNS/c1-39(2,3)50-38(47)44-19-17-30(18-20-44)35-34(40)37(45(27-48-21-23-51(4,5)6)28-49-22-24-52(7,8)9)46-36(43-35)32(26-42-46)31-15-16-33(41-25-31)29-13-11-10-12-14-29;1-39(2,3)49-38(46)43-19-17-31(18-20-43)35-25-36(44(28-47-21-23-50(4,5)6)29-48-22-24-51(7,8)9)45-37(42-35)33(27-41-45)32-15-16-34(40-26-32)30-13-11-10-12-14-30;1-2-3/h10-16,25-26,30H,17-24,27-28H2,1-9H3;10-16,25-27,31H,17-24,28-29H2,1-9H3;3H. The van der Waals surface area contributed by atoms with Gasteiger partial charge in [0.15, 0.2) is 17.1 Å². The zero-order chi connectivity index (χ0) is 77.2. The van der Waals surface area contributed by atoms with Crippen LogP contribution in [0.1, 0.15) is 90.4 Å². The molecule has 0 spiro atoms. The van der Waals surface area contributed by atoms with Crippen molar-refractivity contribution in [3.63, 3.8) is 0 Å². The molecule has 2 amide bonds. The van der Waals surface area contributed by atoms with Crippen LogP contribution in [-0.2, 0) is 28.4 Å². The second-order valence-corrected chi connectivity index (χ2v) is 57.9. The summed E-state index contributed by atoms with van der Waals surface area (Å²) in [5.74, 6) is 2.00. The molecule has 2 fully saturated rings. The molecule has 0 aliphatic carbocycles. The number of pyridine rings is 2. The van der Waals surface area contributed by atoms with Crippen LogP contribution in [0.15, 0.2) is 125 Å². The Balaban J connectivity index is 0.000000258. The number of anilines is 2. The molecule has 0 N–H and O–H groups in total. The van der Waals surface area contributed by atoms with Crippen molar-refractivity contribution in [1.82, 2.24) is 49.0 Å². The van der Waals surface area contributed by atoms with Crippen LogP contribution in [0.2, 0.25) is 103 Å². The van der Waals surface area contributed by atoms with E-state index in [4.69, 9.17) is 58.6 Å². The Morgan fingerprint density at radius 3 is 1.25 bits per heavy atom. The molecule has 106 heavy (non-hydrogen) atoms. The topological polar surface area (TPSA) is 201 Å².